The summed E-state index contributed by atoms with van der Waals surface area (Å²) in [6.07, 6.45) is 8.73. The van der Waals surface area contributed by atoms with Gasteiger partial charge in [0.1, 0.15) is 6.33 Å². The van der Waals surface area contributed by atoms with Crippen molar-refractivity contribution in [1.82, 2.24) is 24.5 Å². The number of anilines is 2. The molecule has 3 rings (SSSR count). The van der Waals surface area contributed by atoms with Gasteiger partial charge in [-0.2, -0.15) is 15.0 Å². The minimum absolute atomic E-state index is 0.245. The molecule has 0 aliphatic carbocycles. The first-order valence-corrected chi connectivity index (χ1v) is 6.08. The number of nitrogens with two attached hydrogens (primary N) is 1. The molecule has 3 heterocycles. The summed E-state index contributed by atoms with van der Waals surface area (Å²) in [4.78, 5) is 18.9. The van der Waals surface area contributed by atoms with Crippen LogP contribution in [-0.2, 0) is 0 Å². The lowest BCUT2D eigenvalue weighted by Gasteiger charge is -2.26. The Morgan fingerprint density at radius 3 is 2.50 bits per heavy atom. The number of imidazole rings is 1. The van der Waals surface area contributed by atoms with Gasteiger partial charge in [-0.3, -0.25) is 4.57 Å². The lowest BCUT2D eigenvalue weighted by Crippen LogP contribution is -2.31. The first-order valence-electron chi connectivity index (χ1n) is 6.08. The van der Waals surface area contributed by atoms with E-state index in [2.05, 4.69) is 24.8 Å². The Hall–Kier alpha value is -2.18. The number of aromatic nitrogens is 5. The monoisotopic (exact) mass is 245 g/mol. The molecule has 0 radical (unpaired) electrons. The molecule has 1 saturated heterocycles. The normalized spacial score (nSPS) is 15.9. The highest BCUT2D eigenvalue weighted by Crippen LogP contribution is 2.17. The summed E-state index contributed by atoms with van der Waals surface area (Å²) in [7, 11) is 0. The van der Waals surface area contributed by atoms with E-state index >= 15 is 0 Å². The summed E-state index contributed by atoms with van der Waals surface area (Å²) in [5.74, 6) is 1.42. The van der Waals surface area contributed by atoms with E-state index in [1.54, 1.807) is 23.3 Å². The summed E-state index contributed by atoms with van der Waals surface area (Å²) in [6, 6.07) is 0. The molecule has 2 aromatic rings. The molecular formula is C11H15N7. The number of nitrogens with zero attached hydrogens (tertiary/aromatic N) is 6. The molecule has 0 atom stereocenters. The molecule has 2 N–H and O–H groups in total. The average molecular weight is 245 g/mol. The third-order valence-electron chi connectivity index (χ3n) is 3.00. The van der Waals surface area contributed by atoms with Gasteiger partial charge < -0.3 is 10.6 Å². The fraction of sp³-hybridized carbons (Fsp3) is 0.455. The molecule has 18 heavy (non-hydrogen) atoms. The fourth-order valence-electron chi connectivity index (χ4n) is 2.10. The smallest absolute Gasteiger partial charge is 0.241 e. The number of hydrogen-bond acceptors (Lipinski definition) is 6. The summed E-state index contributed by atoms with van der Waals surface area (Å²) in [6.45, 7) is 1.96. The molecule has 1 aliphatic rings. The first-order chi connectivity index (χ1) is 8.83. The van der Waals surface area contributed by atoms with Crippen LogP contribution >= 0.6 is 0 Å². The van der Waals surface area contributed by atoms with Crippen LogP contribution in [0.2, 0.25) is 0 Å². The fourth-order valence-corrected chi connectivity index (χ4v) is 2.10. The average Bonchev–Trinajstić information content (AvgIpc) is 2.93. The van der Waals surface area contributed by atoms with E-state index < -0.39 is 0 Å². The van der Waals surface area contributed by atoms with Crippen LogP contribution in [0.15, 0.2) is 18.7 Å². The molecule has 0 unspecified atom stereocenters. The van der Waals surface area contributed by atoms with E-state index in [0.717, 1.165) is 13.1 Å². The van der Waals surface area contributed by atoms with Crippen molar-refractivity contribution in [3.8, 4) is 5.95 Å². The second-order valence-electron chi connectivity index (χ2n) is 4.31. The molecule has 7 nitrogen and oxygen atoms in total. The Balaban J connectivity index is 1.95. The summed E-state index contributed by atoms with van der Waals surface area (Å²) in [5, 5.41) is 0. The van der Waals surface area contributed by atoms with Gasteiger partial charge in [-0.1, -0.05) is 0 Å². The number of rotatable bonds is 2. The van der Waals surface area contributed by atoms with Crippen molar-refractivity contribution in [2.24, 2.45) is 0 Å². The molecule has 0 aromatic carbocycles. The Morgan fingerprint density at radius 2 is 1.78 bits per heavy atom. The SMILES string of the molecule is Nc1nc(N2CCCCC2)nc(-n2ccnc2)n1. The van der Waals surface area contributed by atoms with E-state index in [9.17, 15) is 0 Å². The van der Waals surface area contributed by atoms with Crippen LogP contribution in [0.25, 0.3) is 5.95 Å². The number of hydrogen-bond donors (Lipinski definition) is 1. The predicted molar refractivity (Wildman–Crippen MR) is 67.4 cm³/mol. The maximum absolute atomic E-state index is 5.75. The summed E-state index contributed by atoms with van der Waals surface area (Å²) >= 11 is 0. The highest BCUT2D eigenvalue weighted by molar-refractivity contribution is 5.38. The van der Waals surface area contributed by atoms with Crippen LogP contribution < -0.4 is 10.6 Å². The van der Waals surface area contributed by atoms with Crippen molar-refractivity contribution >= 4 is 11.9 Å². The number of nitrogen functional groups attached to an aromatic ring is 1. The van der Waals surface area contributed by atoms with Crippen LogP contribution in [0.5, 0.6) is 0 Å². The third-order valence-corrected chi connectivity index (χ3v) is 3.00. The first kappa shape index (κ1) is 10.9. The van der Waals surface area contributed by atoms with Crippen molar-refractivity contribution < 1.29 is 0 Å². The minimum Gasteiger partial charge on any atom is -0.368 e. The van der Waals surface area contributed by atoms with Crippen molar-refractivity contribution in [3.63, 3.8) is 0 Å². The zero-order valence-corrected chi connectivity index (χ0v) is 10.0. The van der Waals surface area contributed by atoms with Crippen molar-refractivity contribution in [3.05, 3.63) is 18.7 Å². The molecule has 1 fully saturated rings. The van der Waals surface area contributed by atoms with Crippen LogP contribution in [0.3, 0.4) is 0 Å². The highest BCUT2D eigenvalue weighted by Gasteiger charge is 2.15. The van der Waals surface area contributed by atoms with Gasteiger partial charge in [0.15, 0.2) is 0 Å². The van der Waals surface area contributed by atoms with E-state index in [4.69, 9.17) is 5.73 Å². The summed E-state index contributed by atoms with van der Waals surface area (Å²) < 4.78 is 1.73. The van der Waals surface area contributed by atoms with Crippen molar-refractivity contribution in [2.75, 3.05) is 23.7 Å². The molecule has 0 amide bonds. The van der Waals surface area contributed by atoms with Gasteiger partial charge in [0.05, 0.1) is 0 Å². The minimum atomic E-state index is 0.245. The second kappa shape index (κ2) is 4.59. The van der Waals surface area contributed by atoms with Gasteiger partial charge in [-0.25, -0.2) is 4.98 Å². The lowest BCUT2D eigenvalue weighted by atomic mass is 10.1. The Labute approximate surface area is 105 Å². The van der Waals surface area contributed by atoms with Crippen LogP contribution in [0.4, 0.5) is 11.9 Å². The van der Waals surface area contributed by atoms with Crippen molar-refractivity contribution in [2.45, 2.75) is 19.3 Å². The zero-order valence-electron chi connectivity index (χ0n) is 10.0. The Kier molecular flexibility index (Phi) is 2.79. The van der Waals surface area contributed by atoms with E-state index in [0.29, 0.717) is 11.9 Å². The molecule has 94 valence electrons. The number of piperidine rings is 1. The van der Waals surface area contributed by atoms with E-state index in [1.807, 2.05) is 0 Å². The molecule has 7 heteroatoms. The Bertz CT molecular complexity index is 516. The lowest BCUT2D eigenvalue weighted by molar-refractivity contribution is 0.567. The molecule has 0 bridgehead atoms. The highest BCUT2D eigenvalue weighted by atomic mass is 15.3. The third kappa shape index (κ3) is 2.11. The van der Waals surface area contributed by atoms with E-state index in [-0.39, 0.29) is 5.95 Å². The second-order valence-corrected chi connectivity index (χ2v) is 4.31. The van der Waals surface area contributed by atoms with Crippen LogP contribution in [-0.4, -0.2) is 37.6 Å². The largest absolute Gasteiger partial charge is 0.368 e. The standard InChI is InChI=1S/C11H15N7/c12-9-14-10(17-5-2-1-3-6-17)16-11(15-9)18-7-4-13-8-18/h4,7-8H,1-3,5-6H2,(H2,12,14,15,16). The quantitative estimate of drug-likeness (QED) is 0.835. The molecule has 1 aliphatic heterocycles. The van der Waals surface area contributed by atoms with Gasteiger partial charge in [-0.15, -0.1) is 0 Å². The summed E-state index contributed by atoms with van der Waals surface area (Å²) in [5.41, 5.74) is 5.75. The zero-order chi connectivity index (χ0) is 12.4. The van der Waals surface area contributed by atoms with E-state index in [1.165, 1.54) is 19.3 Å². The maximum Gasteiger partial charge on any atom is 0.241 e. The maximum atomic E-state index is 5.75. The Morgan fingerprint density at radius 1 is 1.00 bits per heavy atom. The molecular weight excluding hydrogens is 230 g/mol. The van der Waals surface area contributed by atoms with Gasteiger partial charge in [0.2, 0.25) is 17.8 Å². The van der Waals surface area contributed by atoms with Crippen LogP contribution in [0.1, 0.15) is 19.3 Å². The van der Waals surface area contributed by atoms with Crippen molar-refractivity contribution in [1.29, 1.82) is 0 Å². The van der Waals surface area contributed by atoms with Gasteiger partial charge >= 0.3 is 0 Å². The molecule has 2 aromatic heterocycles. The van der Waals surface area contributed by atoms with Gasteiger partial charge in [0, 0.05) is 25.5 Å². The topological polar surface area (TPSA) is 85.8 Å². The van der Waals surface area contributed by atoms with Crippen LogP contribution in [0, 0.1) is 0 Å². The van der Waals surface area contributed by atoms with Gasteiger partial charge in [0.25, 0.3) is 0 Å². The predicted octanol–water partition coefficient (Wildman–Crippen LogP) is 0.630. The molecule has 0 spiro atoms. The molecule has 0 saturated carbocycles. The van der Waals surface area contributed by atoms with Gasteiger partial charge in [-0.05, 0) is 19.3 Å².